The first-order valence-corrected chi connectivity index (χ1v) is 6.85. The van der Waals surface area contributed by atoms with Crippen molar-refractivity contribution < 1.29 is 0 Å². The van der Waals surface area contributed by atoms with Crippen LogP contribution in [0.1, 0.15) is 42.9 Å². The topological polar surface area (TPSA) is 12.0 Å². The van der Waals surface area contributed by atoms with E-state index < -0.39 is 0 Å². The fourth-order valence-corrected chi connectivity index (χ4v) is 2.66. The molecule has 0 radical (unpaired) electrons. The summed E-state index contributed by atoms with van der Waals surface area (Å²) in [6, 6.07) is 6.98. The Labute approximate surface area is 106 Å². The molecule has 0 aromatic heterocycles. The minimum atomic E-state index is 0.758. The molecule has 2 rings (SSSR count). The smallest absolute Gasteiger partial charge is 0.00143 e. The number of hydrogen-bond acceptors (Lipinski definition) is 1. The van der Waals surface area contributed by atoms with Gasteiger partial charge in [0, 0.05) is 0 Å². The zero-order valence-electron chi connectivity index (χ0n) is 11.6. The summed E-state index contributed by atoms with van der Waals surface area (Å²) in [5.74, 6) is 2.44. The molecule has 94 valence electrons. The number of benzene rings is 1. The van der Waals surface area contributed by atoms with E-state index in [2.05, 4.69) is 51.2 Å². The average molecular weight is 231 g/mol. The summed E-state index contributed by atoms with van der Waals surface area (Å²) in [4.78, 5) is 0. The van der Waals surface area contributed by atoms with Gasteiger partial charge in [0.15, 0.2) is 0 Å². The van der Waals surface area contributed by atoms with E-state index in [0.29, 0.717) is 0 Å². The maximum Gasteiger partial charge on any atom is -0.00143 e. The Morgan fingerprint density at radius 1 is 1.18 bits per heavy atom. The van der Waals surface area contributed by atoms with Crippen LogP contribution >= 0.6 is 0 Å². The van der Waals surface area contributed by atoms with Gasteiger partial charge in [-0.05, 0) is 56.7 Å². The highest BCUT2D eigenvalue weighted by molar-refractivity contribution is 5.34. The first-order valence-electron chi connectivity index (χ1n) is 6.85. The second-order valence-corrected chi connectivity index (χ2v) is 6.08. The molecule has 0 heterocycles. The van der Waals surface area contributed by atoms with Gasteiger partial charge in [-0.15, -0.1) is 0 Å². The van der Waals surface area contributed by atoms with Gasteiger partial charge in [-0.3, -0.25) is 0 Å². The third-order valence-electron chi connectivity index (χ3n) is 3.55. The van der Waals surface area contributed by atoms with Crippen molar-refractivity contribution in [1.82, 2.24) is 5.32 Å². The number of hydrogen-bond donors (Lipinski definition) is 1. The number of nitrogens with one attached hydrogen (secondary N) is 1. The molecule has 1 heteroatoms. The van der Waals surface area contributed by atoms with E-state index in [1.54, 1.807) is 5.56 Å². The number of aryl methyl sites for hydroxylation is 2. The Morgan fingerprint density at radius 3 is 2.41 bits per heavy atom. The van der Waals surface area contributed by atoms with E-state index in [1.807, 2.05) is 0 Å². The summed E-state index contributed by atoms with van der Waals surface area (Å²) in [5, 5.41) is 3.58. The molecule has 1 aromatic rings. The van der Waals surface area contributed by atoms with Gasteiger partial charge in [-0.1, -0.05) is 43.2 Å². The summed E-state index contributed by atoms with van der Waals surface area (Å²) in [6.07, 6.45) is 1.37. The summed E-state index contributed by atoms with van der Waals surface area (Å²) in [7, 11) is 0. The predicted octanol–water partition coefficient (Wildman–Crippen LogP) is 3.65. The van der Waals surface area contributed by atoms with Crippen molar-refractivity contribution in [3.8, 4) is 0 Å². The number of rotatable bonds is 5. The van der Waals surface area contributed by atoms with Gasteiger partial charge < -0.3 is 5.32 Å². The second-order valence-electron chi connectivity index (χ2n) is 6.08. The fraction of sp³-hybridized carbons (Fsp3) is 0.625. The SMILES string of the molecule is Cc1cc(C)cc(C2CC2CNCC(C)C)c1. The Balaban J connectivity index is 1.85. The van der Waals surface area contributed by atoms with Crippen molar-refractivity contribution in [3.05, 3.63) is 34.9 Å². The molecular weight excluding hydrogens is 206 g/mol. The van der Waals surface area contributed by atoms with Crippen molar-refractivity contribution >= 4 is 0 Å². The van der Waals surface area contributed by atoms with Gasteiger partial charge >= 0.3 is 0 Å². The lowest BCUT2D eigenvalue weighted by Crippen LogP contribution is -2.22. The molecule has 0 bridgehead atoms. The van der Waals surface area contributed by atoms with Gasteiger partial charge in [0.1, 0.15) is 0 Å². The van der Waals surface area contributed by atoms with Crippen LogP contribution in [0.2, 0.25) is 0 Å². The molecule has 1 aromatic carbocycles. The van der Waals surface area contributed by atoms with Crippen LogP contribution in [0.25, 0.3) is 0 Å². The van der Waals surface area contributed by atoms with Crippen LogP contribution in [0, 0.1) is 25.7 Å². The molecule has 1 nitrogen and oxygen atoms in total. The van der Waals surface area contributed by atoms with Gasteiger partial charge in [0.05, 0.1) is 0 Å². The largest absolute Gasteiger partial charge is 0.316 e. The Kier molecular flexibility index (Phi) is 3.88. The van der Waals surface area contributed by atoms with E-state index in [1.165, 1.54) is 24.1 Å². The lowest BCUT2D eigenvalue weighted by molar-refractivity contribution is 0.532. The van der Waals surface area contributed by atoms with Crippen molar-refractivity contribution in [2.24, 2.45) is 11.8 Å². The molecular formula is C16H25N. The first kappa shape index (κ1) is 12.6. The molecule has 2 unspecified atom stereocenters. The molecule has 1 saturated carbocycles. The van der Waals surface area contributed by atoms with Crippen LogP contribution in [0.4, 0.5) is 0 Å². The third-order valence-corrected chi connectivity index (χ3v) is 3.55. The van der Waals surface area contributed by atoms with Gasteiger partial charge in [0.25, 0.3) is 0 Å². The molecule has 0 aliphatic heterocycles. The molecule has 0 spiro atoms. The van der Waals surface area contributed by atoms with Crippen LogP contribution in [0.5, 0.6) is 0 Å². The molecule has 17 heavy (non-hydrogen) atoms. The highest BCUT2D eigenvalue weighted by Gasteiger charge is 2.37. The van der Waals surface area contributed by atoms with Crippen molar-refractivity contribution in [3.63, 3.8) is 0 Å². The van der Waals surface area contributed by atoms with Crippen molar-refractivity contribution in [2.75, 3.05) is 13.1 Å². The van der Waals surface area contributed by atoms with Crippen LogP contribution in [0.3, 0.4) is 0 Å². The summed E-state index contributed by atoms with van der Waals surface area (Å²) < 4.78 is 0. The second kappa shape index (κ2) is 5.22. The monoisotopic (exact) mass is 231 g/mol. The Morgan fingerprint density at radius 2 is 1.82 bits per heavy atom. The van der Waals surface area contributed by atoms with Gasteiger partial charge in [0.2, 0.25) is 0 Å². The van der Waals surface area contributed by atoms with Crippen molar-refractivity contribution in [1.29, 1.82) is 0 Å². The highest BCUT2D eigenvalue weighted by atomic mass is 14.9. The van der Waals surface area contributed by atoms with Gasteiger partial charge in [-0.2, -0.15) is 0 Å². The lowest BCUT2D eigenvalue weighted by atomic mass is 10.0. The normalized spacial score (nSPS) is 23.1. The minimum Gasteiger partial charge on any atom is -0.316 e. The van der Waals surface area contributed by atoms with E-state index in [-0.39, 0.29) is 0 Å². The van der Waals surface area contributed by atoms with Crippen molar-refractivity contribution in [2.45, 2.75) is 40.0 Å². The van der Waals surface area contributed by atoms with Gasteiger partial charge in [-0.25, -0.2) is 0 Å². The standard InChI is InChI=1S/C16H25N/c1-11(2)9-17-10-15-8-16(15)14-6-12(3)5-13(4)7-14/h5-7,11,15-17H,8-10H2,1-4H3. The van der Waals surface area contributed by atoms with Crippen LogP contribution in [0.15, 0.2) is 18.2 Å². The Hall–Kier alpha value is -0.820. The zero-order valence-corrected chi connectivity index (χ0v) is 11.6. The van der Waals surface area contributed by atoms with Crippen LogP contribution in [-0.2, 0) is 0 Å². The third kappa shape index (κ3) is 3.57. The van der Waals surface area contributed by atoms with E-state index in [0.717, 1.165) is 24.3 Å². The quantitative estimate of drug-likeness (QED) is 0.815. The molecule has 1 N–H and O–H groups in total. The summed E-state index contributed by atoms with van der Waals surface area (Å²) >= 11 is 0. The molecule has 1 fully saturated rings. The summed E-state index contributed by atoms with van der Waals surface area (Å²) in [6.45, 7) is 11.3. The molecule has 0 saturated heterocycles. The Bertz CT molecular complexity index is 361. The fourth-order valence-electron chi connectivity index (χ4n) is 2.66. The highest BCUT2D eigenvalue weighted by Crippen LogP contribution is 2.47. The van der Waals surface area contributed by atoms with E-state index in [9.17, 15) is 0 Å². The molecule has 1 aliphatic carbocycles. The maximum absolute atomic E-state index is 3.58. The van der Waals surface area contributed by atoms with E-state index >= 15 is 0 Å². The summed E-state index contributed by atoms with van der Waals surface area (Å²) in [5.41, 5.74) is 4.36. The molecule has 0 amide bonds. The first-order chi connectivity index (χ1) is 8.06. The lowest BCUT2D eigenvalue weighted by Gasteiger charge is -2.07. The molecule has 2 atom stereocenters. The van der Waals surface area contributed by atoms with Crippen LogP contribution in [-0.4, -0.2) is 13.1 Å². The minimum absolute atomic E-state index is 0.758. The zero-order chi connectivity index (χ0) is 12.4. The molecule has 1 aliphatic rings. The maximum atomic E-state index is 3.58. The van der Waals surface area contributed by atoms with E-state index in [4.69, 9.17) is 0 Å². The average Bonchev–Trinajstić information content (AvgIpc) is 2.95. The predicted molar refractivity (Wildman–Crippen MR) is 74.5 cm³/mol. The van der Waals surface area contributed by atoms with Crippen LogP contribution < -0.4 is 5.32 Å².